The number of aryl methyl sites for hydroxylation is 3. The largest absolute Gasteiger partial charge is 0.342 e. The van der Waals surface area contributed by atoms with Crippen LogP contribution in [0.5, 0.6) is 0 Å². The molecule has 122 valence electrons. The Morgan fingerprint density at radius 1 is 0.958 bits per heavy atom. The Bertz CT molecular complexity index is 846. The number of carbonyl (C=O) groups excluding carboxylic acids is 1. The number of H-pyrrole nitrogens is 1. The number of anilines is 1. The number of aromatic nitrogens is 2. The van der Waals surface area contributed by atoms with Gasteiger partial charge in [0.25, 0.3) is 0 Å². The smallest absolute Gasteiger partial charge is 0.230 e. The third-order valence-corrected chi connectivity index (χ3v) is 3.97. The highest BCUT2D eigenvalue weighted by atomic mass is 16.1. The number of rotatable bonds is 4. The number of hydrogen-bond acceptors (Lipinski definition) is 2. The van der Waals surface area contributed by atoms with Crippen molar-refractivity contribution < 1.29 is 4.79 Å². The van der Waals surface area contributed by atoms with Crippen LogP contribution < -0.4 is 5.32 Å². The molecular formula is C20H21N3O. The highest BCUT2D eigenvalue weighted by molar-refractivity contribution is 5.92. The van der Waals surface area contributed by atoms with Crippen LogP contribution in [0.2, 0.25) is 0 Å². The van der Waals surface area contributed by atoms with Crippen molar-refractivity contribution in [1.29, 1.82) is 0 Å². The van der Waals surface area contributed by atoms with E-state index >= 15 is 0 Å². The van der Waals surface area contributed by atoms with Crippen LogP contribution >= 0.6 is 0 Å². The van der Waals surface area contributed by atoms with E-state index in [2.05, 4.69) is 34.3 Å². The number of amides is 1. The van der Waals surface area contributed by atoms with E-state index in [0.717, 1.165) is 28.5 Å². The van der Waals surface area contributed by atoms with Gasteiger partial charge in [-0.2, -0.15) is 0 Å². The summed E-state index contributed by atoms with van der Waals surface area (Å²) in [6.07, 6.45) is 0.252. The summed E-state index contributed by atoms with van der Waals surface area (Å²) < 4.78 is 0. The summed E-state index contributed by atoms with van der Waals surface area (Å²) in [4.78, 5) is 20.1. The average molecular weight is 319 g/mol. The highest BCUT2D eigenvalue weighted by Crippen LogP contribution is 2.19. The Morgan fingerprint density at radius 3 is 2.17 bits per heavy atom. The molecule has 24 heavy (non-hydrogen) atoms. The molecule has 2 N–H and O–H groups in total. The van der Waals surface area contributed by atoms with Gasteiger partial charge in [0.15, 0.2) is 0 Å². The summed E-state index contributed by atoms with van der Waals surface area (Å²) in [7, 11) is 0. The Morgan fingerprint density at radius 2 is 1.54 bits per heavy atom. The molecule has 0 aliphatic heterocycles. The second-order valence-corrected chi connectivity index (χ2v) is 6.11. The maximum atomic E-state index is 12.2. The maximum Gasteiger partial charge on any atom is 0.230 e. The molecule has 4 heteroatoms. The summed E-state index contributed by atoms with van der Waals surface area (Å²) in [6.45, 7) is 6.02. The number of nitrogens with one attached hydrogen (secondary N) is 2. The second-order valence-electron chi connectivity index (χ2n) is 6.11. The number of benzene rings is 2. The number of nitrogens with zero attached hydrogens (tertiary/aromatic N) is 1. The minimum atomic E-state index is -0.0658. The average Bonchev–Trinajstić information content (AvgIpc) is 2.91. The topological polar surface area (TPSA) is 57.8 Å². The van der Waals surface area contributed by atoms with E-state index in [1.165, 1.54) is 11.1 Å². The predicted molar refractivity (Wildman–Crippen MR) is 97.0 cm³/mol. The molecule has 0 saturated heterocycles. The Balaban J connectivity index is 1.72. The van der Waals surface area contributed by atoms with Crippen LogP contribution in [0.15, 0.2) is 48.5 Å². The Hall–Kier alpha value is -2.88. The fourth-order valence-electron chi connectivity index (χ4n) is 2.51. The molecule has 2 aromatic carbocycles. The van der Waals surface area contributed by atoms with E-state index < -0.39 is 0 Å². The van der Waals surface area contributed by atoms with Crippen molar-refractivity contribution in [2.75, 3.05) is 5.32 Å². The summed E-state index contributed by atoms with van der Waals surface area (Å²) in [5, 5.41) is 2.91. The van der Waals surface area contributed by atoms with Crippen LogP contribution in [0, 0.1) is 20.8 Å². The summed E-state index contributed by atoms with van der Waals surface area (Å²) in [6, 6.07) is 15.9. The molecule has 0 radical (unpaired) electrons. The van der Waals surface area contributed by atoms with Gasteiger partial charge in [-0.3, -0.25) is 4.79 Å². The molecule has 4 nitrogen and oxygen atoms in total. The first kappa shape index (κ1) is 16.0. The van der Waals surface area contributed by atoms with E-state index in [9.17, 15) is 4.79 Å². The molecule has 0 saturated carbocycles. The van der Waals surface area contributed by atoms with E-state index in [4.69, 9.17) is 0 Å². The van der Waals surface area contributed by atoms with Gasteiger partial charge in [0.05, 0.1) is 12.1 Å². The van der Waals surface area contributed by atoms with Crippen LogP contribution in [0.1, 0.15) is 22.5 Å². The standard InChI is InChI=1S/C20H21N3O/c1-13-4-8-16(9-5-13)20-21-15(3)18(23-20)12-19(24)22-17-10-6-14(2)7-11-17/h4-11H,12H2,1-3H3,(H,21,23)(H,22,24). The second kappa shape index (κ2) is 6.71. The summed E-state index contributed by atoms with van der Waals surface area (Å²) >= 11 is 0. The molecule has 3 aromatic rings. The fraction of sp³-hybridized carbons (Fsp3) is 0.200. The lowest BCUT2D eigenvalue weighted by atomic mass is 10.1. The van der Waals surface area contributed by atoms with Crippen LogP contribution in [0.25, 0.3) is 11.4 Å². The summed E-state index contributed by atoms with van der Waals surface area (Å²) in [5.74, 6) is 0.731. The van der Waals surface area contributed by atoms with Gasteiger partial charge in [-0.1, -0.05) is 47.5 Å². The van der Waals surface area contributed by atoms with Crippen molar-refractivity contribution in [3.05, 3.63) is 71.0 Å². The van der Waals surface area contributed by atoms with Crippen molar-refractivity contribution in [2.24, 2.45) is 0 Å². The Kier molecular flexibility index (Phi) is 4.47. The van der Waals surface area contributed by atoms with Crippen molar-refractivity contribution in [2.45, 2.75) is 27.2 Å². The molecule has 1 heterocycles. The molecular weight excluding hydrogens is 298 g/mol. The van der Waals surface area contributed by atoms with Gasteiger partial charge in [0.2, 0.25) is 5.91 Å². The van der Waals surface area contributed by atoms with Gasteiger partial charge >= 0.3 is 0 Å². The first-order valence-corrected chi connectivity index (χ1v) is 8.00. The minimum Gasteiger partial charge on any atom is -0.342 e. The minimum absolute atomic E-state index is 0.0658. The normalized spacial score (nSPS) is 10.6. The third kappa shape index (κ3) is 3.71. The maximum absolute atomic E-state index is 12.2. The highest BCUT2D eigenvalue weighted by Gasteiger charge is 2.12. The van der Waals surface area contributed by atoms with E-state index in [0.29, 0.717) is 0 Å². The molecule has 0 fully saturated rings. The van der Waals surface area contributed by atoms with Crippen molar-refractivity contribution in [1.82, 2.24) is 9.97 Å². The number of aromatic amines is 1. The number of hydrogen-bond donors (Lipinski definition) is 2. The lowest BCUT2D eigenvalue weighted by molar-refractivity contribution is -0.115. The van der Waals surface area contributed by atoms with Crippen molar-refractivity contribution in [3.63, 3.8) is 0 Å². The molecule has 0 bridgehead atoms. The fourth-order valence-corrected chi connectivity index (χ4v) is 2.51. The van der Waals surface area contributed by atoms with Crippen LogP contribution in [-0.2, 0) is 11.2 Å². The quantitative estimate of drug-likeness (QED) is 0.758. The molecule has 1 aromatic heterocycles. The molecule has 3 rings (SSSR count). The monoisotopic (exact) mass is 319 g/mol. The number of carbonyl (C=O) groups is 1. The number of imidazole rings is 1. The molecule has 0 spiro atoms. The molecule has 0 atom stereocenters. The molecule has 1 amide bonds. The van der Waals surface area contributed by atoms with Crippen LogP contribution in [-0.4, -0.2) is 15.9 Å². The van der Waals surface area contributed by atoms with Crippen molar-refractivity contribution >= 4 is 11.6 Å². The predicted octanol–water partition coefficient (Wildman–Crippen LogP) is 4.18. The first-order chi connectivity index (χ1) is 11.5. The van der Waals surface area contributed by atoms with E-state index in [1.54, 1.807) is 0 Å². The zero-order valence-corrected chi connectivity index (χ0v) is 14.2. The van der Waals surface area contributed by atoms with Gasteiger partial charge in [0, 0.05) is 16.9 Å². The SMILES string of the molecule is Cc1ccc(NC(=O)Cc2nc(-c3ccc(C)cc3)[nH]c2C)cc1. The molecule has 0 aliphatic carbocycles. The first-order valence-electron chi connectivity index (χ1n) is 8.00. The summed E-state index contributed by atoms with van der Waals surface area (Å²) in [5.41, 5.74) is 5.89. The zero-order chi connectivity index (χ0) is 17.1. The van der Waals surface area contributed by atoms with E-state index in [1.807, 2.05) is 50.2 Å². The van der Waals surface area contributed by atoms with Crippen molar-refractivity contribution in [3.8, 4) is 11.4 Å². The van der Waals surface area contributed by atoms with E-state index in [-0.39, 0.29) is 12.3 Å². The zero-order valence-electron chi connectivity index (χ0n) is 14.2. The Labute approximate surface area is 142 Å². The van der Waals surface area contributed by atoms with Gasteiger partial charge in [-0.05, 0) is 32.9 Å². The van der Waals surface area contributed by atoms with Crippen LogP contribution in [0.4, 0.5) is 5.69 Å². The van der Waals surface area contributed by atoms with Crippen LogP contribution in [0.3, 0.4) is 0 Å². The van der Waals surface area contributed by atoms with Gasteiger partial charge in [0.1, 0.15) is 5.82 Å². The van der Waals surface area contributed by atoms with Gasteiger partial charge in [-0.25, -0.2) is 4.98 Å². The van der Waals surface area contributed by atoms with Gasteiger partial charge in [-0.15, -0.1) is 0 Å². The molecule has 0 aliphatic rings. The van der Waals surface area contributed by atoms with Gasteiger partial charge < -0.3 is 10.3 Å². The lowest BCUT2D eigenvalue weighted by Gasteiger charge is -2.04. The molecule has 0 unspecified atom stereocenters. The third-order valence-electron chi connectivity index (χ3n) is 3.97. The lowest BCUT2D eigenvalue weighted by Crippen LogP contribution is -2.15.